The molecule has 0 radical (unpaired) electrons. The molecule has 0 aliphatic heterocycles. The Kier molecular flexibility index (Phi) is 6.81. The van der Waals surface area contributed by atoms with Crippen LogP contribution >= 0.6 is 0 Å². The van der Waals surface area contributed by atoms with Crippen molar-refractivity contribution >= 4 is 0 Å². The van der Waals surface area contributed by atoms with Crippen molar-refractivity contribution < 1.29 is 4.74 Å². The van der Waals surface area contributed by atoms with E-state index in [1.54, 1.807) is 0 Å². The molecule has 0 aliphatic carbocycles. The van der Waals surface area contributed by atoms with Crippen LogP contribution in [-0.2, 0) is 6.42 Å². The fraction of sp³-hybridized carbons (Fsp3) is 0.625. The van der Waals surface area contributed by atoms with Crippen molar-refractivity contribution in [1.82, 2.24) is 5.32 Å². The zero-order valence-corrected chi connectivity index (χ0v) is 12.2. The highest BCUT2D eigenvalue weighted by Gasteiger charge is 2.08. The van der Waals surface area contributed by atoms with Crippen molar-refractivity contribution in [1.29, 1.82) is 0 Å². The van der Waals surface area contributed by atoms with Crippen LogP contribution in [0.5, 0.6) is 5.75 Å². The maximum absolute atomic E-state index is 6.00. The number of hydrogen-bond acceptors (Lipinski definition) is 2. The minimum absolute atomic E-state index is 0.206. The van der Waals surface area contributed by atoms with Gasteiger partial charge in [-0.15, -0.1) is 0 Å². The maximum Gasteiger partial charge on any atom is 0.122 e. The van der Waals surface area contributed by atoms with Crippen molar-refractivity contribution in [2.45, 2.75) is 59.1 Å². The van der Waals surface area contributed by atoms with Gasteiger partial charge in [-0.2, -0.15) is 0 Å². The zero-order valence-electron chi connectivity index (χ0n) is 12.2. The molecule has 0 bridgehead atoms. The molecule has 1 aromatic carbocycles. The zero-order chi connectivity index (χ0) is 13.4. The number of ether oxygens (including phenoxy) is 1. The molecule has 0 amide bonds. The van der Waals surface area contributed by atoms with Gasteiger partial charge in [0.1, 0.15) is 11.9 Å². The minimum atomic E-state index is 0.206. The van der Waals surface area contributed by atoms with Crippen LogP contribution in [0.2, 0.25) is 0 Å². The van der Waals surface area contributed by atoms with Gasteiger partial charge < -0.3 is 10.1 Å². The molecule has 0 aliphatic rings. The Balaban J connectivity index is 2.41. The number of aryl methyl sites for hydroxylation is 1. The molecule has 0 aromatic heterocycles. The molecule has 18 heavy (non-hydrogen) atoms. The van der Waals surface area contributed by atoms with E-state index in [-0.39, 0.29) is 6.10 Å². The molecule has 0 spiro atoms. The van der Waals surface area contributed by atoms with Gasteiger partial charge in [0, 0.05) is 12.6 Å². The maximum atomic E-state index is 6.00. The standard InChI is InChI=1S/C16H27NO/c1-5-9-13(3)17-12-14(4)18-16-11-8-7-10-15(16)6-2/h7-8,10-11,13-14,17H,5-6,9,12H2,1-4H3. The van der Waals surface area contributed by atoms with Gasteiger partial charge in [0.15, 0.2) is 0 Å². The van der Waals surface area contributed by atoms with Gasteiger partial charge in [-0.05, 0) is 38.3 Å². The Morgan fingerprint density at radius 3 is 2.56 bits per heavy atom. The quantitative estimate of drug-likeness (QED) is 0.756. The van der Waals surface area contributed by atoms with Crippen molar-refractivity contribution in [2.75, 3.05) is 6.54 Å². The third-order valence-electron chi connectivity index (χ3n) is 3.16. The van der Waals surface area contributed by atoms with Crippen molar-refractivity contribution in [2.24, 2.45) is 0 Å². The summed E-state index contributed by atoms with van der Waals surface area (Å²) in [5.74, 6) is 1.03. The Bertz CT molecular complexity index is 338. The van der Waals surface area contributed by atoms with Gasteiger partial charge in [-0.3, -0.25) is 0 Å². The lowest BCUT2D eigenvalue weighted by atomic mass is 10.1. The summed E-state index contributed by atoms with van der Waals surface area (Å²) in [4.78, 5) is 0. The van der Waals surface area contributed by atoms with E-state index in [0.717, 1.165) is 18.7 Å². The third-order valence-corrected chi connectivity index (χ3v) is 3.16. The van der Waals surface area contributed by atoms with E-state index >= 15 is 0 Å². The molecule has 2 atom stereocenters. The number of hydrogen-bond donors (Lipinski definition) is 1. The molecule has 0 saturated carbocycles. The first-order valence-corrected chi connectivity index (χ1v) is 7.15. The van der Waals surface area contributed by atoms with E-state index < -0.39 is 0 Å². The highest BCUT2D eigenvalue weighted by molar-refractivity contribution is 5.33. The normalized spacial score (nSPS) is 14.2. The second kappa shape index (κ2) is 8.15. The highest BCUT2D eigenvalue weighted by Crippen LogP contribution is 2.19. The molecular weight excluding hydrogens is 222 g/mol. The molecule has 0 saturated heterocycles. The van der Waals surface area contributed by atoms with E-state index in [2.05, 4.69) is 51.2 Å². The number of benzene rings is 1. The predicted octanol–water partition coefficient (Wildman–Crippen LogP) is 3.79. The molecule has 2 heteroatoms. The van der Waals surface area contributed by atoms with Crippen molar-refractivity contribution in [3.05, 3.63) is 29.8 Å². The van der Waals surface area contributed by atoms with Gasteiger partial charge in [0.25, 0.3) is 0 Å². The van der Waals surface area contributed by atoms with Crippen LogP contribution in [0, 0.1) is 0 Å². The summed E-state index contributed by atoms with van der Waals surface area (Å²) in [5, 5.41) is 3.52. The molecule has 0 fully saturated rings. The molecule has 2 unspecified atom stereocenters. The minimum Gasteiger partial charge on any atom is -0.489 e. The lowest BCUT2D eigenvalue weighted by molar-refractivity contribution is 0.209. The highest BCUT2D eigenvalue weighted by atomic mass is 16.5. The summed E-state index contributed by atoms with van der Waals surface area (Å²) in [6, 6.07) is 8.87. The fourth-order valence-corrected chi connectivity index (χ4v) is 2.07. The van der Waals surface area contributed by atoms with Crippen LogP contribution in [-0.4, -0.2) is 18.7 Å². The lowest BCUT2D eigenvalue weighted by Crippen LogP contribution is -2.35. The van der Waals surface area contributed by atoms with Crippen LogP contribution in [0.1, 0.15) is 46.1 Å². The van der Waals surface area contributed by atoms with Crippen LogP contribution in [0.3, 0.4) is 0 Å². The summed E-state index contributed by atoms with van der Waals surface area (Å²) in [6.45, 7) is 9.64. The first-order valence-electron chi connectivity index (χ1n) is 7.15. The molecule has 1 N–H and O–H groups in total. The Hall–Kier alpha value is -1.02. The van der Waals surface area contributed by atoms with Crippen molar-refractivity contribution in [3.63, 3.8) is 0 Å². The summed E-state index contributed by atoms with van der Waals surface area (Å²) in [5.41, 5.74) is 1.28. The average Bonchev–Trinajstić information content (AvgIpc) is 2.37. The van der Waals surface area contributed by atoms with E-state index in [9.17, 15) is 0 Å². The monoisotopic (exact) mass is 249 g/mol. The Morgan fingerprint density at radius 2 is 1.89 bits per heavy atom. The van der Waals surface area contributed by atoms with Gasteiger partial charge in [-0.1, -0.05) is 38.5 Å². The fourth-order valence-electron chi connectivity index (χ4n) is 2.07. The molecule has 2 nitrogen and oxygen atoms in total. The van der Waals surface area contributed by atoms with Crippen LogP contribution in [0.4, 0.5) is 0 Å². The third kappa shape index (κ3) is 5.09. The molecular formula is C16H27NO. The van der Waals surface area contributed by atoms with Gasteiger partial charge in [0.2, 0.25) is 0 Å². The number of rotatable bonds is 8. The summed E-state index contributed by atoms with van der Waals surface area (Å²) >= 11 is 0. The molecule has 1 aromatic rings. The Morgan fingerprint density at radius 1 is 1.17 bits per heavy atom. The van der Waals surface area contributed by atoms with Crippen LogP contribution in [0.15, 0.2) is 24.3 Å². The lowest BCUT2D eigenvalue weighted by Gasteiger charge is -2.20. The molecule has 1 rings (SSSR count). The van der Waals surface area contributed by atoms with E-state index in [4.69, 9.17) is 4.74 Å². The predicted molar refractivity (Wildman–Crippen MR) is 78.3 cm³/mol. The topological polar surface area (TPSA) is 21.3 Å². The van der Waals surface area contributed by atoms with Crippen LogP contribution in [0.25, 0.3) is 0 Å². The largest absolute Gasteiger partial charge is 0.489 e. The number of para-hydroxylation sites is 1. The van der Waals surface area contributed by atoms with E-state index in [0.29, 0.717) is 6.04 Å². The Labute approximate surface area is 112 Å². The van der Waals surface area contributed by atoms with Crippen molar-refractivity contribution in [3.8, 4) is 5.75 Å². The second-order valence-electron chi connectivity index (χ2n) is 4.99. The molecule has 102 valence electrons. The average molecular weight is 249 g/mol. The van der Waals surface area contributed by atoms with Crippen LogP contribution < -0.4 is 10.1 Å². The summed E-state index contributed by atoms with van der Waals surface area (Å²) in [7, 11) is 0. The van der Waals surface area contributed by atoms with Gasteiger partial charge in [-0.25, -0.2) is 0 Å². The summed E-state index contributed by atoms with van der Waals surface area (Å²) < 4.78 is 6.00. The molecule has 0 heterocycles. The first-order chi connectivity index (χ1) is 8.67. The second-order valence-corrected chi connectivity index (χ2v) is 4.99. The van der Waals surface area contributed by atoms with Gasteiger partial charge >= 0.3 is 0 Å². The van der Waals surface area contributed by atoms with Gasteiger partial charge in [0.05, 0.1) is 0 Å². The smallest absolute Gasteiger partial charge is 0.122 e. The summed E-state index contributed by atoms with van der Waals surface area (Å²) in [6.07, 6.45) is 3.67. The van der Waals surface area contributed by atoms with E-state index in [1.165, 1.54) is 18.4 Å². The SMILES string of the molecule is CCCC(C)NCC(C)Oc1ccccc1CC. The first kappa shape index (κ1) is 15.0. The van der Waals surface area contributed by atoms with E-state index in [1.807, 2.05) is 6.07 Å². The number of nitrogens with one attached hydrogen (secondary N) is 1.